The average molecular weight is 279 g/mol. The van der Waals surface area contributed by atoms with Gasteiger partial charge in [-0.2, -0.15) is 11.8 Å². The summed E-state index contributed by atoms with van der Waals surface area (Å²) < 4.78 is 4.55. The summed E-state index contributed by atoms with van der Waals surface area (Å²) in [6, 6.07) is 5.43. The molecule has 0 fully saturated rings. The molecule has 1 aromatic rings. The van der Waals surface area contributed by atoms with Crippen molar-refractivity contribution in [2.45, 2.75) is 12.2 Å². The summed E-state index contributed by atoms with van der Waals surface area (Å²) in [4.78, 5) is 10.9. The monoisotopic (exact) mass is 278 g/mol. The van der Waals surface area contributed by atoms with Crippen LogP contribution in [0.3, 0.4) is 0 Å². The summed E-state index contributed by atoms with van der Waals surface area (Å²) in [6.45, 7) is 0. The van der Waals surface area contributed by atoms with Gasteiger partial charge in [0.15, 0.2) is 0 Å². The highest BCUT2D eigenvalue weighted by molar-refractivity contribution is 7.98. The Kier molecular flexibility index (Phi) is 6.03. The minimum Gasteiger partial charge on any atom is -0.469 e. The molecule has 0 aromatic heterocycles. The number of hydrogen-bond acceptors (Lipinski definition) is 3. The first-order chi connectivity index (χ1) is 7.65. The Labute approximate surface area is 109 Å². The Morgan fingerprint density at radius 1 is 1.38 bits per heavy atom. The minimum atomic E-state index is -0.197. The number of halogens is 2. The van der Waals surface area contributed by atoms with Gasteiger partial charge in [0.25, 0.3) is 0 Å². The highest BCUT2D eigenvalue weighted by atomic mass is 35.5. The molecule has 1 aromatic carbocycles. The Morgan fingerprint density at radius 3 is 2.56 bits per heavy atom. The number of thioether (sulfide) groups is 1. The van der Waals surface area contributed by atoms with Crippen LogP contribution in [0.4, 0.5) is 0 Å². The van der Waals surface area contributed by atoms with Crippen LogP contribution in [0.2, 0.25) is 10.0 Å². The number of esters is 1. The SMILES string of the molecule is COC(=O)CCSCc1c(Cl)cccc1Cl. The lowest BCUT2D eigenvalue weighted by atomic mass is 10.2. The molecular weight excluding hydrogens is 267 g/mol. The molecule has 0 radical (unpaired) electrons. The molecule has 0 bridgehead atoms. The molecule has 0 spiro atoms. The van der Waals surface area contributed by atoms with Gasteiger partial charge in [0.05, 0.1) is 13.5 Å². The van der Waals surface area contributed by atoms with E-state index in [1.807, 2.05) is 18.2 Å². The van der Waals surface area contributed by atoms with Crippen molar-refractivity contribution in [1.29, 1.82) is 0 Å². The zero-order valence-electron chi connectivity index (χ0n) is 8.83. The van der Waals surface area contributed by atoms with Gasteiger partial charge in [-0.05, 0) is 17.7 Å². The van der Waals surface area contributed by atoms with Crippen LogP contribution in [-0.2, 0) is 15.3 Å². The van der Waals surface area contributed by atoms with Crippen molar-refractivity contribution < 1.29 is 9.53 Å². The minimum absolute atomic E-state index is 0.197. The zero-order chi connectivity index (χ0) is 12.0. The Balaban J connectivity index is 2.40. The van der Waals surface area contributed by atoms with Crippen molar-refractivity contribution >= 4 is 40.9 Å². The van der Waals surface area contributed by atoms with Crippen LogP contribution in [0.25, 0.3) is 0 Å². The molecule has 2 nitrogen and oxygen atoms in total. The number of carbonyl (C=O) groups is 1. The second-order valence-corrected chi connectivity index (χ2v) is 5.00. The lowest BCUT2D eigenvalue weighted by Gasteiger charge is -2.06. The van der Waals surface area contributed by atoms with E-state index in [1.165, 1.54) is 7.11 Å². The van der Waals surface area contributed by atoms with Crippen LogP contribution in [0, 0.1) is 0 Å². The molecule has 0 saturated heterocycles. The third-order valence-electron chi connectivity index (χ3n) is 1.99. The van der Waals surface area contributed by atoms with Crippen molar-refractivity contribution in [3.8, 4) is 0 Å². The Morgan fingerprint density at radius 2 is 2.00 bits per heavy atom. The molecule has 1 rings (SSSR count). The van der Waals surface area contributed by atoms with E-state index in [-0.39, 0.29) is 5.97 Å². The molecule has 0 heterocycles. The summed E-state index contributed by atoms with van der Waals surface area (Å²) in [5.41, 5.74) is 0.917. The second-order valence-electron chi connectivity index (χ2n) is 3.08. The van der Waals surface area contributed by atoms with Gasteiger partial charge >= 0.3 is 5.97 Å². The molecule has 88 valence electrons. The topological polar surface area (TPSA) is 26.3 Å². The van der Waals surface area contributed by atoms with Crippen LogP contribution in [0.5, 0.6) is 0 Å². The standard InChI is InChI=1S/C11H12Cl2O2S/c1-15-11(14)5-6-16-7-8-9(12)3-2-4-10(8)13/h2-4H,5-7H2,1H3. The van der Waals surface area contributed by atoms with Crippen molar-refractivity contribution in [3.05, 3.63) is 33.8 Å². The van der Waals surface area contributed by atoms with Gasteiger partial charge in [-0.1, -0.05) is 29.3 Å². The number of ether oxygens (including phenoxy) is 1. The number of methoxy groups -OCH3 is 1. The van der Waals surface area contributed by atoms with Crippen LogP contribution in [-0.4, -0.2) is 18.8 Å². The molecule has 0 N–H and O–H groups in total. The molecule has 0 unspecified atom stereocenters. The van der Waals surface area contributed by atoms with Gasteiger partial charge in [0.2, 0.25) is 0 Å². The number of carbonyl (C=O) groups excluding carboxylic acids is 1. The summed E-state index contributed by atoms with van der Waals surface area (Å²) in [5.74, 6) is 1.21. The van der Waals surface area contributed by atoms with E-state index in [9.17, 15) is 4.79 Å². The van der Waals surface area contributed by atoms with Crippen molar-refractivity contribution in [2.24, 2.45) is 0 Å². The average Bonchev–Trinajstić information content (AvgIpc) is 2.27. The fourth-order valence-electron chi connectivity index (χ4n) is 1.10. The first kappa shape index (κ1) is 13.7. The molecular formula is C11H12Cl2O2S. The molecule has 0 aliphatic rings. The first-order valence-corrected chi connectivity index (χ1v) is 6.63. The molecule has 0 saturated carbocycles. The highest BCUT2D eigenvalue weighted by Crippen LogP contribution is 2.28. The van der Waals surface area contributed by atoms with Gasteiger partial charge < -0.3 is 4.74 Å². The van der Waals surface area contributed by atoms with E-state index in [0.717, 1.165) is 5.56 Å². The third kappa shape index (κ3) is 4.24. The van der Waals surface area contributed by atoms with Crippen molar-refractivity contribution in [1.82, 2.24) is 0 Å². The van der Waals surface area contributed by atoms with Gasteiger partial charge in [-0.25, -0.2) is 0 Å². The smallest absolute Gasteiger partial charge is 0.306 e. The third-order valence-corrected chi connectivity index (χ3v) is 3.68. The summed E-state index contributed by atoms with van der Waals surface area (Å²) in [7, 11) is 1.39. The molecule has 16 heavy (non-hydrogen) atoms. The largest absolute Gasteiger partial charge is 0.469 e. The molecule has 0 aliphatic carbocycles. The van der Waals surface area contributed by atoms with Crippen molar-refractivity contribution in [3.63, 3.8) is 0 Å². The quantitative estimate of drug-likeness (QED) is 0.606. The maximum absolute atomic E-state index is 10.9. The van der Waals surface area contributed by atoms with Gasteiger partial charge in [-0.3, -0.25) is 4.79 Å². The zero-order valence-corrected chi connectivity index (χ0v) is 11.2. The van der Waals surface area contributed by atoms with Crippen LogP contribution in [0.1, 0.15) is 12.0 Å². The normalized spacial score (nSPS) is 10.2. The van der Waals surface area contributed by atoms with Crippen molar-refractivity contribution in [2.75, 3.05) is 12.9 Å². The van der Waals surface area contributed by atoms with E-state index in [2.05, 4.69) is 4.74 Å². The number of rotatable bonds is 5. The molecule has 5 heteroatoms. The van der Waals surface area contributed by atoms with Crippen LogP contribution in [0.15, 0.2) is 18.2 Å². The fraction of sp³-hybridized carbons (Fsp3) is 0.364. The maximum atomic E-state index is 10.9. The van der Waals surface area contributed by atoms with E-state index < -0.39 is 0 Å². The second kappa shape index (κ2) is 7.05. The predicted molar refractivity (Wildman–Crippen MR) is 69.3 cm³/mol. The van der Waals surface area contributed by atoms with Gasteiger partial charge in [0, 0.05) is 21.6 Å². The van der Waals surface area contributed by atoms with E-state index >= 15 is 0 Å². The molecule has 0 aliphatic heterocycles. The highest BCUT2D eigenvalue weighted by Gasteiger charge is 2.06. The predicted octanol–water partition coefficient (Wildman–Crippen LogP) is 3.79. The van der Waals surface area contributed by atoms with Crippen LogP contribution < -0.4 is 0 Å². The Hall–Kier alpha value is -0.380. The van der Waals surface area contributed by atoms with Gasteiger partial charge in [-0.15, -0.1) is 0 Å². The van der Waals surface area contributed by atoms with E-state index in [1.54, 1.807) is 11.8 Å². The molecule has 0 amide bonds. The van der Waals surface area contributed by atoms with Gasteiger partial charge in [0.1, 0.15) is 0 Å². The fourth-order valence-corrected chi connectivity index (χ4v) is 2.76. The lowest BCUT2D eigenvalue weighted by molar-refractivity contribution is -0.140. The number of hydrogen-bond donors (Lipinski definition) is 0. The van der Waals surface area contributed by atoms with E-state index in [4.69, 9.17) is 23.2 Å². The first-order valence-electron chi connectivity index (χ1n) is 4.72. The summed E-state index contributed by atoms with van der Waals surface area (Å²) in [6.07, 6.45) is 0.406. The van der Waals surface area contributed by atoms with Crippen LogP contribution >= 0.6 is 35.0 Å². The maximum Gasteiger partial charge on any atom is 0.306 e. The summed E-state index contributed by atoms with van der Waals surface area (Å²) >= 11 is 13.6. The number of benzene rings is 1. The Bertz CT molecular complexity index is 349. The summed E-state index contributed by atoms with van der Waals surface area (Å²) in [5, 5.41) is 1.33. The molecule has 0 atom stereocenters. The lowest BCUT2D eigenvalue weighted by Crippen LogP contribution is -2.01. The van der Waals surface area contributed by atoms with E-state index in [0.29, 0.717) is 28.0 Å².